The molecule has 1 unspecified atom stereocenters. The molecule has 2 rings (SSSR count). The number of hydrogen-bond acceptors (Lipinski definition) is 4. The molecule has 0 radical (unpaired) electrons. The Labute approximate surface area is 172 Å². The van der Waals surface area contributed by atoms with Gasteiger partial charge >= 0.3 is 0 Å². The molecule has 26 heavy (non-hydrogen) atoms. The number of aliphatic imine (C=N–C) groups is 1. The lowest BCUT2D eigenvalue weighted by atomic mass is 10.2. The Balaban J connectivity index is 0.00000338. The van der Waals surface area contributed by atoms with Gasteiger partial charge in [-0.1, -0.05) is 13.0 Å². The average molecular weight is 476 g/mol. The van der Waals surface area contributed by atoms with Gasteiger partial charge in [0.15, 0.2) is 17.5 Å². The number of benzene rings is 1. The zero-order chi connectivity index (χ0) is 18.2. The van der Waals surface area contributed by atoms with Crippen molar-refractivity contribution in [1.82, 2.24) is 15.5 Å². The molecule has 1 atom stereocenters. The van der Waals surface area contributed by atoms with E-state index < -0.39 is 0 Å². The third-order valence-corrected chi connectivity index (χ3v) is 4.19. The van der Waals surface area contributed by atoms with Gasteiger partial charge in [0.05, 0.1) is 13.7 Å². The number of guanidine groups is 1. The smallest absolute Gasteiger partial charge is 0.222 e. The molecule has 0 aliphatic carbocycles. The van der Waals surface area contributed by atoms with Gasteiger partial charge in [0.1, 0.15) is 0 Å². The zero-order valence-electron chi connectivity index (χ0n) is 15.6. The molecule has 0 bridgehead atoms. The van der Waals surface area contributed by atoms with Crippen LogP contribution in [0.4, 0.5) is 0 Å². The summed E-state index contributed by atoms with van der Waals surface area (Å²) in [6.45, 7) is 6.59. The number of carbonyl (C=O) groups excluding carboxylic acids is 1. The van der Waals surface area contributed by atoms with Crippen LogP contribution in [0.15, 0.2) is 23.2 Å². The second-order valence-corrected chi connectivity index (χ2v) is 6.02. The Bertz CT molecular complexity index is 624. The number of rotatable bonds is 6. The maximum Gasteiger partial charge on any atom is 0.222 e. The lowest BCUT2D eigenvalue weighted by Crippen LogP contribution is -2.45. The van der Waals surface area contributed by atoms with Gasteiger partial charge in [-0.3, -0.25) is 4.79 Å². The molecule has 7 nitrogen and oxygen atoms in total. The van der Waals surface area contributed by atoms with Crippen LogP contribution in [0.2, 0.25) is 0 Å². The van der Waals surface area contributed by atoms with Crippen molar-refractivity contribution in [1.29, 1.82) is 0 Å². The number of ether oxygens (including phenoxy) is 1. The Morgan fingerprint density at radius 3 is 2.81 bits per heavy atom. The predicted octanol–water partition coefficient (Wildman–Crippen LogP) is 2.08. The number of halogens is 1. The molecular weight excluding hydrogens is 447 g/mol. The molecule has 1 aliphatic heterocycles. The standard InChI is InChI=1S/C18H28N4O3.HI/c1-4-17(24)22-9-8-14(12-22)21-18(19-5-2)20-11-13-6-7-16(25-3)15(23)10-13;/h6-7,10,14,23H,4-5,8-9,11-12H2,1-3H3,(H2,19,20,21);1H. The molecule has 0 spiro atoms. The first-order chi connectivity index (χ1) is 12.1. The Hall–Kier alpha value is -1.71. The average Bonchev–Trinajstić information content (AvgIpc) is 3.08. The van der Waals surface area contributed by atoms with Crippen LogP contribution in [0.3, 0.4) is 0 Å². The molecule has 1 heterocycles. The molecule has 8 heteroatoms. The number of likely N-dealkylation sites (tertiary alicyclic amines) is 1. The van der Waals surface area contributed by atoms with E-state index in [-0.39, 0.29) is 41.7 Å². The van der Waals surface area contributed by atoms with E-state index in [1.165, 1.54) is 7.11 Å². The number of methoxy groups -OCH3 is 1. The number of amides is 1. The van der Waals surface area contributed by atoms with E-state index >= 15 is 0 Å². The first kappa shape index (κ1) is 22.3. The molecule has 1 aromatic carbocycles. The van der Waals surface area contributed by atoms with Gasteiger partial charge in [0.25, 0.3) is 0 Å². The van der Waals surface area contributed by atoms with E-state index in [2.05, 4.69) is 15.6 Å². The van der Waals surface area contributed by atoms with E-state index in [9.17, 15) is 9.90 Å². The summed E-state index contributed by atoms with van der Waals surface area (Å²) in [4.78, 5) is 18.2. The van der Waals surface area contributed by atoms with Crippen molar-refractivity contribution >= 4 is 35.8 Å². The SMILES string of the molecule is CCNC(=NCc1ccc(OC)c(O)c1)NC1CCN(C(=O)CC)C1.I. The second kappa shape index (κ2) is 11.1. The number of phenols is 1. The number of carbonyl (C=O) groups is 1. The predicted molar refractivity (Wildman–Crippen MR) is 113 cm³/mol. The maximum atomic E-state index is 11.8. The van der Waals surface area contributed by atoms with Crippen molar-refractivity contribution in [2.24, 2.45) is 4.99 Å². The topological polar surface area (TPSA) is 86.2 Å². The molecule has 146 valence electrons. The normalized spacial score (nSPS) is 16.8. The Morgan fingerprint density at radius 1 is 1.42 bits per heavy atom. The zero-order valence-corrected chi connectivity index (χ0v) is 17.9. The first-order valence-electron chi connectivity index (χ1n) is 8.75. The summed E-state index contributed by atoms with van der Waals surface area (Å²) in [6.07, 6.45) is 1.46. The fourth-order valence-electron chi connectivity index (χ4n) is 2.85. The highest BCUT2D eigenvalue weighted by Crippen LogP contribution is 2.26. The molecule has 1 fully saturated rings. The van der Waals surface area contributed by atoms with Crippen molar-refractivity contribution in [2.45, 2.75) is 39.3 Å². The van der Waals surface area contributed by atoms with Gasteiger partial charge in [0.2, 0.25) is 5.91 Å². The van der Waals surface area contributed by atoms with Crippen LogP contribution < -0.4 is 15.4 Å². The highest BCUT2D eigenvalue weighted by atomic mass is 127. The van der Waals surface area contributed by atoms with Gasteiger partial charge in [-0.25, -0.2) is 4.99 Å². The van der Waals surface area contributed by atoms with Gasteiger partial charge in [-0.05, 0) is 31.0 Å². The molecule has 3 N–H and O–H groups in total. The van der Waals surface area contributed by atoms with Crippen molar-refractivity contribution in [2.75, 3.05) is 26.7 Å². The van der Waals surface area contributed by atoms with E-state index in [1.54, 1.807) is 12.1 Å². The molecule has 0 saturated carbocycles. The molecule has 0 aromatic heterocycles. The summed E-state index contributed by atoms with van der Waals surface area (Å²) in [5.74, 6) is 1.47. The maximum absolute atomic E-state index is 11.8. The summed E-state index contributed by atoms with van der Waals surface area (Å²) in [7, 11) is 1.52. The largest absolute Gasteiger partial charge is 0.504 e. The highest BCUT2D eigenvalue weighted by molar-refractivity contribution is 14.0. The van der Waals surface area contributed by atoms with Crippen LogP contribution in [-0.4, -0.2) is 54.7 Å². The van der Waals surface area contributed by atoms with Crippen LogP contribution >= 0.6 is 24.0 Å². The van der Waals surface area contributed by atoms with Crippen LogP contribution in [0, 0.1) is 0 Å². The summed E-state index contributed by atoms with van der Waals surface area (Å²) in [5.41, 5.74) is 0.893. The van der Waals surface area contributed by atoms with Gasteiger partial charge in [-0.15, -0.1) is 24.0 Å². The molecule has 1 aromatic rings. The third kappa shape index (κ3) is 6.22. The van der Waals surface area contributed by atoms with Crippen molar-refractivity contribution in [3.8, 4) is 11.5 Å². The number of hydrogen-bond donors (Lipinski definition) is 3. The summed E-state index contributed by atoms with van der Waals surface area (Å²) in [6, 6.07) is 5.47. The Morgan fingerprint density at radius 2 is 2.19 bits per heavy atom. The Kier molecular flexibility index (Phi) is 9.53. The number of aromatic hydroxyl groups is 1. The number of nitrogens with one attached hydrogen (secondary N) is 2. The van der Waals surface area contributed by atoms with Gasteiger partial charge in [0, 0.05) is 32.1 Å². The minimum absolute atomic E-state index is 0. The van der Waals surface area contributed by atoms with Crippen LogP contribution in [0.25, 0.3) is 0 Å². The van der Waals surface area contributed by atoms with Crippen molar-refractivity contribution in [3.05, 3.63) is 23.8 Å². The minimum Gasteiger partial charge on any atom is -0.504 e. The van der Waals surface area contributed by atoms with Gasteiger partial charge in [-0.2, -0.15) is 0 Å². The van der Waals surface area contributed by atoms with Crippen LogP contribution in [-0.2, 0) is 11.3 Å². The molecule has 1 amide bonds. The highest BCUT2D eigenvalue weighted by Gasteiger charge is 2.25. The van der Waals surface area contributed by atoms with E-state index in [0.29, 0.717) is 31.2 Å². The molecule has 1 saturated heterocycles. The fourth-order valence-corrected chi connectivity index (χ4v) is 2.85. The molecular formula is C18H29IN4O3. The van der Waals surface area contributed by atoms with Crippen LogP contribution in [0.1, 0.15) is 32.3 Å². The summed E-state index contributed by atoms with van der Waals surface area (Å²) < 4.78 is 5.05. The number of nitrogens with zero attached hydrogens (tertiary/aromatic N) is 2. The minimum atomic E-state index is 0. The first-order valence-corrected chi connectivity index (χ1v) is 8.75. The lowest BCUT2D eigenvalue weighted by Gasteiger charge is -2.18. The van der Waals surface area contributed by atoms with Crippen molar-refractivity contribution < 1.29 is 14.6 Å². The summed E-state index contributed by atoms with van der Waals surface area (Å²) in [5, 5.41) is 16.5. The third-order valence-electron chi connectivity index (χ3n) is 4.19. The van der Waals surface area contributed by atoms with Crippen LogP contribution in [0.5, 0.6) is 11.5 Å². The monoisotopic (exact) mass is 476 g/mol. The molecule has 1 aliphatic rings. The lowest BCUT2D eigenvalue weighted by molar-refractivity contribution is -0.129. The summed E-state index contributed by atoms with van der Waals surface area (Å²) >= 11 is 0. The van der Waals surface area contributed by atoms with E-state index in [4.69, 9.17) is 4.74 Å². The van der Waals surface area contributed by atoms with Gasteiger partial charge < -0.3 is 25.4 Å². The van der Waals surface area contributed by atoms with E-state index in [0.717, 1.165) is 25.1 Å². The second-order valence-electron chi connectivity index (χ2n) is 6.02. The number of phenolic OH excluding ortho intramolecular Hbond substituents is 1. The van der Waals surface area contributed by atoms with E-state index in [1.807, 2.05) is 24.8 Å². The fraction of sp³-hybridized carbons (Fsp3) is 0.556. The van der Waals surface area contributed by atoms with Crippen molar-refractivity contribution in [3.63, 3.8) is 0 Å². The quantitative estimate of drug-likeness (QED) is 0.333.